The van der Waals surface area contributed by atoms with Crippen molar-refractivity contribution in [3.8, 4) is 0 Å². The quantitative estimate of drug-likeness (QED) is 0.0143. The molecule has 0 aromatic rings. The maximum Gasteiger partial charge on any atom is 0.472 e. The Morgan fingerprint density at radius 3 is 0.962 bits per heavy atom. The van der Waals surface area contributed by atoms with Crippen molar-refractivity contribution in [1.29, 1.82) is 0 Å². The second-order valence-electron chi connectivity index (χ2n) is 29.3. The molecule has 5 atom stereocenters. The number of phosphoric acid groups is 2. The van der Waals surface area contributed by atoms with Crippen LogP contribution in [0, 0.1) is 0 Å². The van der Waals surface area contributed by atoms with Crippen LogP contribution in [0.25, 0.3) is 0 Å². The lowest BCUT2D eigenvalue weighted by Gasteiger charge is -2.25. The number of aliphatic hydroxyl groups excluding tert-OH is 1. The number of unbranched alkanes of at least 4 members (excludes halogenated alkanes) is 50. The first-order chi connectivity index (χ1) is 50.6. The lowest BCUT2D eigenvalue weighted by Crippen LogP contribution is -2.46. The van der Waals surface area contributed by atoms with Crippen LogP contribution in [-0.2, 0) is 60.7 Å². The van der Waals surface area contributed by atoms with Crippen molar-refractivity contribution in [3.63, 3.8) is 0 Å². The van der Waals surface area contributed by atoms with Crippen molar-refractivity contribution in [3.05, 3.63) is 0 Å². The van der Waals surface area contributed by atoms with Crippen LogP contribution >= 0.6 is 37.2 Å². The highest BCUT2D eigenvalue weighted by atomic mass is 33.1. The summed E-state index contributed by atoms with van der Waals surface area (Å²) >= 11 is 0. The van der Waals surface area contributed by atoms with E-state index in [-0.39, 0.29) is 76.3 Å². The van der Waals surface area contributed by atoms with Gasteiger partial charge in [0.15, 0.2) is 6.10 Å². The standard InChI is InChI=1S/C81H159N3O16P2S2/c1-5-9-13-17-21-25-29-32-34-37-41-45-49-53-57-61-80(89)95-71-74(100-81(90)62-58-54-50-46-42-38-35-33-30-26-22-18-14-10-6-2)72-98-101(91,92)96-67-65-82-77(86)63-69-103-104-70-64-78(87)83-66-68-97-102(93,94)99-73-75(84-79(88)60-56-52-48-44-39-28-24-20-16-12-8-4)76(85)59-55-51-47-43-40-36-31-27-23-19-15-11-7-3/h74-76,85H,5-73H2,1-4H3,(H,82,86)(H,83,87)(H,84,88)(H,91,92)(H,93,94)/t74?,75-,76+/m0/s1. The molecule has 0 saturated carbocycles. The molecule has 19 nitrogen and oxygen atoms in total. The minimum atomic E-state index is -4.67. The predicted octanol–water partition coefficient (Wildman–Crippen LogP) is 22.7. The fourth-order valence-electron chi connectivity index (χ4n) is 12.6. The van der Waals surface area contributed by atoms with E-state index in [1.54, 1.807) is 0 Å². The van der Waals surface area contributed by atoms with Crippen LogP contribution in [0.15, 0.2) is 0 Å². The van der Waals surface area contributed by atoms with Crippen molar-refractivity contribution in [2.75, 3.05) is 57.6 Å². The predicted molar refractivity (Wildman–Crippen MR) is 433 cm³/mol. The Labute approximate surface area is 643 Å². The Morgan fingerprint density at radius 2 is 0.625 bits per heavy atom. The van der Waals surface area contributed by atoms with Gasteiger partial charge < -0.3 is 40.3 Å². The summed E-state index contributed by atoms with van der Waals surface area (Å²) in [5.41, 5.74) is 0. The van der Waals surface area contributed by atoms with Gasteiger partial charge in [0.2, 0.25) is 17.7 Å². The molecule has 0 spiro atoms. The zero-order valence-corrected chi connectivity index (χ0v) is 70.3. The molecule has 0 aromatic heterocycles. The highest BCUT2D eigenvalue weighted by molar-refractivity contribution is 8.76. The van der Waals surface area contributed by atoms with Crippen molar-refractivity contribution in [2.45, 2.75) is 431 Å². The number of phosphoric ester groups is 2. The molecule has 0 bridgehead atoms. The topological polar surface area (TPSA) is 272 Å². The number of esters is 2. The number of hydrogen-bond acceptors (Lipinski definition) is 16. The molecule has 0 aliphatic carbocycles. The molecule has 104 heavy (non-hydrogen) atoms. The maximum absolute atomic E-state index is 13.1. The number of amides is 3. The Hall–Kier alpha value is -1.77. The van der Waals surface area contributed by atoms with Gasteiger partial charge in [0, 0.05) is 56.7 Å². The molecule has 0 heterocycles. The van der Waals surface area contributed by atoms with Gasteiger partial charge in [0.25, 0.3) is 0 Å². The van der Waals surface area contributed by atoms with Crippen LogP contribution in [-0.4, -0.2) is 120 Å². The Kier molecular flexibility index (Phi) is 76.6. The summed E-state index contributed by atoms with van der Waals surface area (Å²) in [6.07, 6.45) is 63.8. The van der Waals surface area contributed by atoms with Crippen molar-refractivity contribution >= 4 is 66.9 Å². The first-order valence-electron chi connectivity index (χ1n) is 42.9. The molecule has 0 aliphatic heterocycles. The molecule has 616 valence electrons. The molecule has 3 unspecified atom stereocenters. The summed E-state index contributed by atoms with van der Waals surface area (Å²) in [4.78, 5) is 85.0. The number of nitrogens with one attached hydrogen (secondary N) is 3. The zero-order valence-electron chi connectivity index (χ0n) is 66.9. The minimum absolute atomic E-state index is 0.0561. The van der Waals surface area contributed by atoms with E-state index in [1.807, 2.05) is 0 Å². The van der Waals surface area contributed by atoms with E-state index in [4.69, 9.17) is 27.6 Å². The third kappa shape index (κ3) is 75.6. The molecular formula is C81H159N3O16P2S2. The van der Waals surface area contributed by atoms with Gasteiger partial charge >= 0.3 is 27.6 Å². The minimum Gasteiger partial charge on any atom is -0.462 e. The summed E-state index contributed by atoms with van der Waals surface area (Å²) < 4.78 is 57.8. The van der Waals surface area contributed by atoms with Gasteiger partial charge in [0.1, 0.15) is 6.61 Å². The molecule has 23 heteroatoms. The average Bonchev–Trinajstić information content (AvgIpc) is 0.914. The van der Waals surface area contributed by atoms with E-state index in [9.17, 15) is 48.0 Å². The second-order valence-corrected chi connectivity index (χ2v) is 34.9. The monoisotopic (exact) mass is 1560 g/mol. The molecule has 0 fully saturated rings. The number of hydrogen-bond donors (Lipinski definition) is 6. The van der Waals surface area contributed by atoms with E-state index in [0.29, 0.717) is 37.2 Å². The van der Waals surface area contributed by atoms with Gasteiger partial charge in [-0.2, -0.15) is 0 Å². The normalized spacial score (nSPS) is 13.6. The highest BCUT2D eigenvalue weighted by Crippen LogP contribution is 2.44. The summed E-state index contributed by atoms with van der Waals surface area (Å²) in [6.45, 7) is 6.89. The largest absolute Gasteiger partial charge is 0.472 e. The smallest absolute Gasteiger partial charge is 0.462 e. The van der Waals surface area contributed by atoms with Crippen LogP contribution in [0.1, 0.15) is 413 Å². The number of carbonyl (C=O) groups excluding carboxylic acids is 5. The van der Waals surface area contributed by atoms with Crippen LogP contribution < -0.4 is 16.0 Å². The van der Waals surface area contributed by atoms with E-state index < -0.39 is 59.0 Å². The van der Waals surface area contributed by atoms with Gasteiger partial charge in [-0.1, -0.05) is 377 Å². The lowest BCUT2D eigenvalue weighted by molar-refractivity contribution is -0.161. The average molecular weight is 1560 g/mol. The SMILES string of the molecule is CCCCCCCCCCCCCCCCCC(=O)OCC(COP(=O)(O)OCCNC(=O)CCSSCCC(=O)NCCOP(=O)(O)OC[C@H](NC(=O)CCCCCCCCCCCCC)[C@H](O)CCCCCCCCCCCCCCC)OC(=O)CCCCCCCCCCCCCCCCC. The van der Waals surface area contributed by atoms with E-state index in [1.165, 1.54) is 266 Å². The number of carbonyl (C=O) groups is 5. The summed E-state index contributed by atoms with van der Waals surface area (Å²) in [5, 5.41) is 19.4. The Morgan fingerprint density at radius 1 is 0.337 bits per heavy atom. The zero-order chi connectivity index (χ0) is 76.2. The van der Waals surface area contributed by atoms with Gasteiger partial charge in [-0.3, -0.25) is 42.1 Å². The highest BCUT2D eigenvalue weighted by Gasteiger charge is 2.29. The van der Waals surface area contributed by atoms with E-state index in [2.05, 4.69) is 43.6 Å². The third-order valence-corrected chi connectivity index (χ3v) is 23.6. The van der Waals surface area contributed by atoms with Crippen molar-refractivity contribution in [1.82, 2.24) is 16.0 Å². The van der Waals surface area contributed by atoms with Gasteiger partial charge in [0.05, 0.1) is 38.6 Å². The Bertz CT molecular complexity index is 2060. The molecular weight excluding hydrogens is 1400 g/mol. The molecule has 0 rings (SSSR count). The van der Waals surface area contributed by atoms with Crippen LogP contribution in [0.3, 0.4) is 0 Å². The Balaban J connectivity index is 4.81. The molecule has 0 radical (unpaired) electrons. The van der Waals surface area contributed by atoms with Gasteiger partial charge in [-0.25, -0.2) is 9.13 Å². The van der Waals surface area contributed by atoms with E-state index >= 15 is 0 Å². The number of ether oxygens (including phenoxy) is 2. The van der Waals surface area contributed by atoms with E-state index in [0.717, 1.165) is 89.9 Å². The first kappa shape index (κ1) is 102. The van der Waals surface area contributed by atoms with Crippen LogP contribution in [0.2, 0.25) is 0 Å². The van der Waals surface area contributed by atoms with Gasteiger partial charge in [-0.05, 0) is 25.7 Å². The fourth-order valence-corrected chi connectivity index (χ4v) is 16.1. The molecule has 0 saturated heterocycles. The molecule has 0 aliphatic rings. The first-order valence-corrected chi connectivity index (χ1v) is 48.4. The fraction of sp³-hybridized carbons (Fsp3) is 0.938. The molecule has 6 N–H and O–H groups in total. The van der Waals surface area contributed by atoms with Gasteiger partial charge in [-0.15, -0.1) is 0 Å². The lowest BCUT2D eigenvalue weighted by atomic mass is 10.0. The number of aliphatic hydroxyl groups is 1. The third-order valence-electron chi connectivity index (χ3n) is 19.2. The summed E-state index contributed by atoms with van der Waals surface area (Å²) in [7, 11) is -6.49. The second kappa shape index (κ2) is 77.9. The maximum atomic E-state index is 13.1. The van der Waals surface area contributed by atoms with Crippen LogP contribution in [0.5, 0.6) is 0 Å². The van der Waals surface area contributed by atoms with Crippen molar-refractivity contribution < 1.29 is 75.6 Å². The molecule has 0 aromatic carbocycles. The molecule has 3 amide bonds. The van der Waals surface area contributed by atoms with Crippen molar-refractivity contribution in [2.24, 2.45) is 0 Å². The van der Waals surface area contributed by atoms with Crippen LogP contribution in [0.4, 0.5) is 0 Å². The summed E-state index contributed by atoms with van der Waals surface area (Å²) in [5.74, 6) is -0.949. The summed E-state index contributed by atoms with van der Waals surface area (Å²) in [6, 6.07) is -0.897. The number of rotatable bonds is 84.